The van der Waals surface area contributed by atoms with Gasteiger partial charge in [-0.3, -0.25) is 4.98 Å². The van der Waals surface area contributed by atoms with E-state index in [-0.39, 0.29) is 0 Å². The van der Waals surface area contributed by atoms with Crippen LogP contribution in [0.4, 0.5) is 0 Å². The van der Waals surface area contributed by atoms with Crippen LogP contribution in [0.2, 0.25) is 0 Å². The number of halogens is 1. The van der Waals surface area contributed by atoms with Gasteiger partial charge in [-0.1, -0.05) is 0 Å². The number of alkyl halides is 1. The lowest BCUT2D eigenvalue weighted by Crippen LogP contribution is -1.95. The molecule has 0 saturated heterocycles. The van der Waals surface area contributed by atoms with Crippen LogP contribution < -0.4 is 0 Å². The number of aromatic nitrogens is 1. The maximum absolute atomic E-state index is 8.69. The SMILES string of the molecule is Cc1c(C#N)cncc1CCCl. The fourth-order valence-electron chi connectivity index (χ4n) is 1.03. The third-order valence-electron chi connectivity index (χ3n) is 1.80. The minimum absolute atomic E-state index is 0.567. The molecule has 0 atom stereocenters. The van der Waals surface area contributed by atoms with Crippen LogP contribution in [0.25, 0.3) is 0 Å². The molecule has 0 spiro atoms. The average Bonchev–Trinajstić information content (AvgIpc) is 2.09. The summed E-state index contributed by atoms with van der Waals surface area (Å²) in [5, 5.41) is 8.69. The Labute approximate surface area is 76.8 Å². The van der Waals surface area contributed by atoms with E-state index < -0.39 is 0 Å². The van der Waals surface area contributed by atoms with Crippen LogP contribution in [-0.4, -0.2) is 10.9 Å². The summed E-state index contributed by atoms with van der Waals surface area (Å²) >= 11 is 5.59. The molecular formula is C9H9ClN2. The average molecular weight is 181 g/mol. The Kier molecular flexibility index (Phi) is 3.07. The first-order valence-electron chi connectivity index (χ1n) is 3.69. The summed E-state index contributed by atoms with van der Waals surface area (Å²) in [6, 6.07) is 2.09. The lowest BCUT2D eigenvalue weighted by Gasteiger charge is -2.02. The van der Waals surface area contributed by atoms with Crippen molar-refractivity contribution in [2.75, 3.05) is 5.88 Å². The molecule has 1 rings (SSSR count). The van der Waals surface area contributed by atoms with Gasteiger partial charge >= 0.3 is 0 Å². The Morgan fingerprint density at radius 3 is 2.92 bits per heavy atom. The number of aryl methyl sites for hydroxylation is 1. The largest absolute Gasteiger partial charge is 0.263 e. The van der Waals surface area contributed by atoms with Crippen molar-refractivity contribution in [2.24, 2.45) is 0 Å². The summed E-state index contributed by atoms with van der Waals surface area (Å²) in [4.78, 5) is 3.95. The van der Waals surface area contributed by atoms with Crippen LogP contribution in [0.15, 0.2) is 12.4 Å². The first kappa shape index (κ1) is 9.02. The number of rotatable bonds is 2. The normalized spacial score (nSPS) is 9.42. The number of nitriles is 1. The molecule has 0 unspecified atom stereocenters. The quantitative estimate of drug-likeness (QED) is 0.654. The first-order valence-corrected chi connectivity index (χ1v) is 4.22. The Bertz CT molecular complexity index is 315. The number of pyridine rings is 1. The van der Waals surface area contributed by atoms with Gasteiger partial charge in [-0.25, -0.2) is 0 Å². The van der Waals surface area contributed by atoms with Gasteiger partial charge in [0.1, 0.15) is 6.07 Å². The molecule has 1 heterocycles. The molecule has 0 aliphatic carbocycles. The van der Waals surface area contributed by atoms with Crippen molar-refractivity contribution in [1.82, 2.24) is 4.98 Å². The maximum atomic E-state index is 8.69. The summed E-state index contributed by atoms with van der Waals surface area (Å²) in [6.07, 6.45) is 4.11. The van der Waals surface area contributed by atoms with E-state index in [1.165, 1.54) is 0 Å². The fourth-order valence-corrected chi connectivity index (χ4v) is 1.24. The van der Waals surface area contributed by atoms with Crippen LogP contribution in [0, 0.1) is 18.3 Å². The zero-order chi connectivity index (χ0) is 8.97. The van der Waals surface area contributed by atoms with Crippen molar-refractivity contribution < 1.29 is 0 Å². The van der Waals surface area contributed by atoms with Crippen molar-refractivity contribution in [3.8, 4) is 6.07 Å². The van der Waals surface area contributed by atoms with Crippen LogP contribution >= 0.6 is 11.6 Å². The van der Waals surface area contributed by atoms with Crippen molar-refractivity contribution in [3.63, 3.8) is 0 Å². The predicted octanol–water partition coefficient (Wildman–Crippen LogP) is 2.04. The molecule has 0 aromatic carbocycles. The molecule has 0 aliphatic heterocycles. The lowest BCUT2D eigenvalue weighted by atomic mass is 10.1. The minimum atomic E-state index is 0.567. The number of hydrogen-bond donors (Lipinski definition) is 0. The third-order valence-corrected chi connectivity index (χ3v) is 1.99. The van der Waals surface area contributed by atoms with Crippen LogP contribution in [0.3, 0.4) is 0 Å². The number of nitrogens with zero attached hydrogens (tertiary/aromatic N) is 2. The molecule has 0 N–H and O–H groups in total. The summed E-state index contributed by atoms with van der Waals surface area (Å²) < 4.78 is 0. The molecule has 0 saturated carbocycles. The molecule has 0 aliphatic rings. The highest BCUT2D eigenvalue weighted by atomic mass is 35.5. The van der Waals surface area contributed by atoms with E-state index in [4.69, 9.17) is 16.9 Å². The second-order valence-electron chi connectivity index (χ2n) is 2.52. The van der Waals surface area contributed by atoms with E-state index in [1.807, 2.05) is 6.92 Å². The van der Waals surface area contributed by atoms with E-state index in [0.29, 0.717) is 11.4 Å². The molecule has 0 amide bonds. The monoisotopic (exact) mass is 180 g/mol. The van der Waals surface area contributed by atoms with Gasteiger partial charge in [0, 0.05) is 18.3 Å². The van der Waals surface area contributed by atoms with Gasteiger partial charge in [0.2, 0.25) is 0 Å². The molecule has 3 heteroatoms. The zero-order valence-electron chi connectivity index (χ0n) is 6.84. The zero-order valence-corrected chi connectivity index (χ0v) is 7.60. The van der Waals surface area contributed by atoms with Crippen LogP contribution in [0.1, 0.15) is 16.7 Å². The summed E-state index contributed by atoms with van der Waals surface area (Å²) in [5.74, 6) is 0.567. The van der Waals surface area contributed by atoms with Gasteiger partial charge in [-0.15, -0.1) is 11.6 Å². The third kappa shape index (κ3) is 1.75. The topological polar surface area (TPSA) is 36.7 Å². The lowest BCUT2D eigenvalue weighted by molar-refractivity contribution is 1.07. The van der Waals surface area contributed by atoms with Crippen LogP contribution in [-0.2, 0) is 6.42 Å². The molecular weight excluding hydrogens is 172 g/mol. The van der Waals surface area contributed by atoms with E-state index in [2.05, 4.69) is 11.1 Å². The highest BCUT2D eigenvalue weighted by molar-refractivity contribution is 6.18. The van der Waals surface area contributed by atoms with Crippen molar-refractivity contribution >= 4 is 11.6 Å². The Morgan fingerprint density at radius 1 is 1.58 bits per heavy atom. The summed E-state index contributed by atoms with van der Waals surface area (Å²) in [5.41, 5.74) is 2.69. The van der Waals surface area contributed by atoms with Crippen LogP contribution in [0.5, 0.6) is 0 Å². The van der Waals surface area contributed by atoms with E-state index in [1.54, 1.807) is 12.4 Å². The predicted molar refractivity (Wildman–Crippen MR) is 48.1 cm³/mol. The molecule has 62 valence electrons. The highest BCUT2D eigenvalue weighted by Gasteiger charge is 2.02. The van der Waals surface area contributed by atoms with Crippen molar-refractivity contribution in [1.29, 1.82) is 5.26 Å². The minimum Gasteiger partial charge on any atom is -0.263 e. The first-order chi connectivity index (χ1) is 5.79. The fraction of sp³-hybridized carbons (Fsp3) is 0.333. The van der Waals surface area contributed by atoms with Crippen molar-refractivity contribution in [2.45, 2.75) is 13.3 Å². The standard InChI is InChI=1S/C9H9ClN2/c1-7-8(2-3-10)5-12-6-9(7)4-11/h5-6H,2-3H2,1H3. The van der Waals surface area contributed by atoms with E-state index in [0.717, 1.165) is 17.5 Å². The molecule has 1 aromatic rings. The van der Waals surface area contributed by atoms with Gasteiger partial charge in [-0.2, -0.15) is 5.26 Å². The van der Waals surface area contributed by atoms with Gasteiger partial charge in [0.15, 0.2) is 0 Å². The molecule has 2 nitrogen and oxygen atoms in total. The van der Waals surface area contributed by atoms with E-state index >= 15 is 0 Å². The smallest absolute Gasteiger partial charge is 0.101 e. The second-order valence-corrected chi connectivity index (χ2v) is 2.90. The van der Waals surface area contributed by atoms with Gasteiger partial charge in [0.25, 0.3) is 0 Å². The number of hydrogen-bond acceptors (Lipinski definition) is 2. The van der Waals surface area contributed by atoms with E-state index in [9.17, 15) is 0 Å². The molecule has 0 fully saturated rings. The molecule has 0 radical (unpaired) electrons. The Morgan fingerprint density at radius 2 is 2.33 bits per heavy atom. The second kappa shape index (κ2) is 4.08. The van der Waals surface area contributed by atoms with Gasteiger partial charge < -0.3 is 0 Å². The highest BCUT2D eigenvalue weighted by Crippen LogP contribution is 2.11. The summed E-state index contributed by atoms with van der Waals surface area (Å²) in [7, 11) is 0. The molecule has 0 bridgehead atoms. The van der Waals surface area contributed by atoms with Crippen molar-refractivity contribution in [3.05, 3.63) is 29.1 Å². The summed E-state index contributed by atoms with van der Waals surface area (Å²) in [6.45, 7) is 1.92. The molecule has 12 heavy (non-hydrogen) atoms. The Balaban J connectivity index is 3.07. The Hall–Kier alpha value is -1.07. The molecule has 1 aromatic heterocycles. The maximum Gasteiger partial charge on any atom is 0.101 e. The van der Waals surface area contributed by atoms with Gasteiger partial charge in [0.05, 0.1) is 5.56 Å². The van der Waals surface area contributed by atoms with Gasteiger partial charge in [-0.05, 0) is 24.5 Å².